The van der Waals surface area contributed by atoms with Crippen LogP contribution >= 0.6 is 85.8 Å². The first-order valence-corrected chi connectivity index (χ1v) is 40.5. The van der Waals surface area contributed by atoms with Crippen LogP contribution in [0.25, 0.3) is 0 Å². The van der Waals surface area contributed by atoms with Gasteiger partial charge in [-0.2, -0.15) is 0 Å². The van der Waals surface area contributed by atoms with Crippen LogP contribution in [0, 0.1) is 0 Å². The van der Waals surface area contributed by atoms with Crippen molar-refractivity contribution in [3.63, 3.8) is 0 Å². The van der Waals surface area contributed by atoms with Crippen molar-refractivity contribution in [2.75, 3.05) is 0 Å². The Balaban J connectivity index is 0.000000149. The van der Waals surface area contributed by atoms with Gasteiger partial charge in [0.25, 0.3) is 0 Å². The third kappa shape index (κ3) is 18.1. The number of benzene rings is 14. The van der Waals surface area contributed by atoms with Crippen LogP contribution in [0.5, 0.6) is 0 Å². The third-order valence-corrected chi connectivity index (χ3v) is 30.2. The van der Waals surface area contributed by atoms with Crippen molar-refractivity contribution in [3.8, 4) is 0 Å². The molecular formula is C84H66BBr3O2P5. The van der Waals surface area contributed by atoms with Gasteiger partial charge in [0.2, 0.25) is 0 Å². The quantitative estimate of drug-likeness (QED) is 0.0757. The topological polar surface area (TPSA) is 34.1 Å². The minimum atomic E-state index is -3.18. The first kappa shape index (κ1) is 70.1. The zero-order valence-electron chi connectivity index (χ0n) is 51.9. The fraction of sp³-hybridized carbons (Fsp3) is 0. The highest BCUT2D eigenvalue weighted by atomic mass is 79.9. The Kier molecular flexibility index (Phi) is 26.1. The zero-order chi connectivity index (χ0) is 64.8. The summed E-state index contributed by atoms with van der Waals surface area (Å²) >= 11 is 10.3. The average molecular weight is 1510 g/mol. The Hall–Kier alpha value is -7.67. The van der Waals surface area contributed by atoms with Gasteiger partial charge >= 0.3 is 0 Å². The fourth-order valence-electron chi connectivity index (χ4n) is 11.0. The molecule has 0 heterocycles. The molecule has 0 aliphatic rings. The lowest BCUT2D eigenvalue weighted by molar-refractivity contribution is 0.592. The summed E-state index contributed by atoms with van der Waals surface area (Å²) in [5.41, 5.74) is 0. The lowest BCUT2D eigenvalue weighted by Gasteiger charge is -2.24. The summed E-state index contributed by atoms with van der Waals surface area (Å²) in [6.45, 7) is 0. The third-order valence-electron chi connectivity index (χ3n) is 15.3. The summed E-state index contributed by atoms with van der Waals surface area (Å²) < 4.78 is 33.1. The predicted octanol–water partition coefficient (Wildman–Crippen LogP) is 17.2. The lowest BCUT2D eigenvalue weighted by Crippen LogP contribution is -2.30. The zero-order valence-corrected chi connectivity index (χ0v) is 61.1. The highest BCUT2D eigenvalue weighted by molar-refractivity contribution is 9.11. The van der Waals surface area contributed by atoms with Gasteiger partial charge in [-0.1, -0.05) is 406 Å². The monoisotopic (exact) mass is 1510 g/mol. The van der Waals surface area contributed by atoms with E-state index in [1.54, 1.807) is 0 Å². The summed E-state index contributed by atoms with van der Waals surface area (Å²) in [5, 5.41) is 16.8. The molecular weight excluding hydrogens is 1450 g/mol. The molecule has 0 amide bonds. The van der Waals surface area contributed by atoms with Crippen molar-refractivity contribution in [2.45, 2.75) is 0 Å². The maximum Gasteiger partial charge on any atom is 0.171 e. The van der Waals surface area contributed by atoms with Crippen LogP contribution in [0.2, 0.25) is 0 Å². The maximum absolute atomic E-state index is 14.9. The molecule has 0 saturated heterocycles. The second kappa shape index (κ2) is 35.4. The maximum atomic E-state index is 14.9. The largest absolute Gasteiger partial charge is 0.309 e. The molecule has 14 rings (SSSR count). The fourth-order valence-corrected chi connectivity index (χ4v) is 25.3. The van der Waals surface area contributed by atoms with Gasteiger partial charge in [0.05, 0.1) is 0 Å². The molecule has 0 aliphatic carbocycles. The smallest absolute Gasteiger partial charge is 0.171 e. The van der Waals surface area contributed by atoms with Crippen LogP contribution in [0.4, 0.5) is 0 Å². The Morgan fingerprint density at radius 2 is 0.358 bits per heavy atom. The van der Waals surface area contributed by atoms with Gasteiger partial charge in [0, 0.05) is 53.7 Å². The molecule has 95 heavy (non-hydrogen) atoms. The molecule has 11 heteroatoms. The molecule has 0 atom stereocenters. The van der Waals surface area contributed by atoms with Crippen LogP contribution in [0.3, 0.4) is 0 Å². The van der Waals surface area contributed by atoms with Gasteiger partial charge in [-0.15, -0.1) is 0 Å². The SMILES string of the molecule is Brc1cccc(Br)c1.Brc1cccc(P(c2ccccc2)c2ccccc2)c1.O=P(c1ccccc1)(c1ccccc1)c1cccc(P(=O)(c2ccccc2)c2ccccc2)c1.[B].c1ccc(P(c2ccccc2)c2cccc(P(c3ccccc3)c3ccccc3)c2)cc1. The minimum Gasteiger partial charge on any atom is -0.309 e. The van der Waals surface area contributed by atoms with Crippen LogP contribution in [0.15, 0.2) is 414 Å². The van der Waals surface area contributed by atoms with E-state index in [0.29, 0.717) is 10.6 Å². The van der Waals surface area contributed by atoms with Crippen molar-refractivity contribution in [2.24, 2.45) is 0 Å². The van der Waals surface area contributed by atoms with Gasteiger partial charge in [-0.3, -0.25) is 0 Å². The second-order valence-corrected chi connectivity index (χ2v) is 36.5. The molecule has 0 N–H and O–H groups in total. The predicted molar refractivity (Wildman–Crippen MR) is 430 cm³/mol. The molecule has 0 bridgehead atoms. The van der Waals surface area contributed by atoms with Crippen molar-refractivity contribution in [1.29, 1.82) is 0 Å². The van der Waals surface area contributed by atoms with E-state index in [-0.39, 0.29) is 8.41 Å². The van der Waals surface area contributed by atoms with Crippen molar-refractivity contribution >= 4 is 174 Å². The highest BCUT2D eigenvalue weighted by Gasteiger charge is 2.34. The van der Waals surface area contributed by atoms with Gasteiger partial charge in [0.1, 0.15) is 0 Å². The van der Waals surface area contributed by atoms with E-state index in [1.807, 2.05) is 170 Å². The molecule has 0 spiro atoms. The van der Waals surface area contributed by atoms with Gasteiger partial charge in [-0.25, -0.2) is 0 Å². The van der Waals surface area contributed by atoms with Crippen LogP contribution in [-0.4, -0.2) is 8.41 Å². The Labute approximate surface area is 591 Å². The standard InChI is InChI=1S/C30H24O2P2.C30H24P2.C18H14BrP.C6H4Br2.B/c31-33(25-14-5-1-6-15-25,26-16-7-2-8-17-26)29-22-13-23-30(24-29)34(32,27-18-9-3-10-19-27)28-20-11-4-12-21-28;1-5-14-25(15-6-1)31(26-16-7-2-8-17-26)29-22-13-23-30(24-29)32(27-18-9-3-10-19-27)28-20-11-4-12-21-28;19-15-8-7-13-18(14-15)20(16-9-3-1-4-10-16)17-11-5-2-6-12-17;7-5-2-1-3-6(8)4-5;/h1-24H;1-24H;1-14H;1-4H;. The van der Waals surface area contributed by atoms with E-state index in [9.17, 15) is 9.13 Å². The van der Waals surface area contributed by atoms with E-state index in [1.165, 1.54) is 47.7 Å². The Morgan fingerprint density at radius 3 is 0.589 bits per heavy atom. The van der Waals surface area contributed by atoms with Crippen LogP contribution in [-0.2, 0) is 9.13 Å². The number of rotatable bonds is 15. The second-order valence-electron chi connectivity index (χ2n) is 21.5. The van der Waals surface area contributed by atoms with E-state index < -0.39 is 38.0 Å². The Bertz CT molecular complexity index is 4280. The number of hydrogen-bond donors (Lipinski definition) is 0. The van der Waals surface area contributed by atoms with Crippen molar-refractivity contribution in [3.05, 3.63) is 414 Å². The average Bonchev–Trinajstić information content (AvgIpc) is 0.878. The Morgan fingerprint density at radius 1 is 0.179 bits per heavy atom. The molecule has 0 aliphatic heterocycles. The van der Waals surface area contributed by atoms with E-state index in [4.69, 9.17) is 0 Å². The molecule has 14 aromatic rings. The van der Waals surface area contributed by atoms with Gasteiger partial charge in [0.15, 0.2) is 14.3 Å². The molecule has 0 saturated carbocycles. The summed E-state index contributed by atoms with van der Waals surface area (Å²) in [5.74, 6) is 0. The molecule has 0 unspecified atom stereocenters. The molecule has 3 radical (unpaired) electrons. The van der Waals surface area contributed by atoms with Gasteiger partial charge < -0.3 is 9.13 Å². The first-order chi connectivity index (χ1) is 46.2. The lowest BCUT2D eigenvalue weighted by atomic mass is 10.3. The van der Waals surface area contributed by atoms with E-state index in [0.717, 1.165) is 34.6 Å². The minimum absolute atomic E-state index is 0. The summed E-state index contributed by atoms with van der Waals surface area (Å²) in [6, 6.07) is 137. The molecule has 0 fully saturated rings. The molecule has 463 valence electrons. The van der Waals surface area contributed by atoms with Crippen LogP contribution in [0.1, 0.15) is 0 Å². The van der Waals surface area contributed by atoms with Crippen molar-refractivity contribution in [1.82, 2.24) is 0 Å². The molecule has 2 nitrogen and oxygen atoms in total. The van der Waals surface area contributed by atoms with Crippen molar-refractivity contribution < 1.29 is 9.13 Å². The highest BCUT2D eigenvalue weighted by Crippen LogP contribution is 2.46. The molecule has 0 aromatic heterocycles. The molecule has 14 aromatic carbocycles. The first-order valence-electron chi connectivity index (χ1n) is 30.7. The summed E-state index contributed by atoms with van der Waals surface area (Å²) in [4.78, 5) is 0. The number of hydrogen-bond acceptors (Lipinski definition) is 2. The summed E-state index contributed by atoms with van der Waals surface area (Å²) in [6.07, 6.45) is 0. The van der Waals surface area contributed by atoms with E-state index >= 15 is 0 Å². The normalized spacial score (nSPS) is 11.0. The van der Waals surface area contributed by atoms with Crippen LogP contribution < -0.4 is 79.6 Å². The van der Waals surface area contributed by atoms with Gasteiger partial charge in [-0.05, 0) is 114 Å². The van der Waals surface area contributed by atoms with E-state index in [2.05, 4.69) is 278 Å². The number of halogens is 3. The summed E-state index contributed by atoms with van der Waals surface area (Å²) in [7, 11) is -8.08.